The zero-order chi connectivity index (χ0) is 9.97. The Kier molecular flexibility index (Phi) is 2.85. The van der Waals surface area contributed by atoms with Gasteiger partial charge in [0.1, 0.15) is 0 Å². The average molecular weight is 205 g/mol. The van der Waals surface area contributed by atoms with Crippen molar-refractivity contribution in [2.45, 2.75) is 12.8 Å². The van der Waals surface area contributed by atoms with Crippen LogP contribution in [0.1, 0.15) is 18.4 Å². The van der Waals surface area contributed by atoms with Crippen molar-refractivity contribution in [3.8, 4) is 0 Å². The van der Waals surface area contributed by atoms with E-state index in [1.54, 1.807) is 11.3 Å². The number of hydrogen-bond acceptors (Lipinski definition) is 2. The molecule has 0 aliphatic rings. The third kappa shape index (κ3) is 1.81. The molecule has 0 fully saturated rings. The molecular weight excluding hydrogens is 192 g/mol. The molecule has 2 rings (SSSR count). The zero-order valence-electron chi connectivity index (χ0n) is 8.19. The van der Waals surface area contributed by atoms with Crippen LogP contribution in [-0.2, 0) is 4.74 Å². The second kappa shape index (κ2) is 4.11. The van der Waals surface area contributed by atoms with Gasteiger partial charge in [-0.25, -0.2) is 0 Å². The third-order valence-electron chi connectivity index (χ3n) is 2.41. The van der Waals surface area contributed by atoms with Crippen molar-refractivity contribution in [3.63, 3.8) is 0 Å². The lowest BCUT2D eigenvalue weighted by molar-refractivity contribution is 0.225. The Morgan fingerprint density at radius 2 is 2.29 bits per heavy atom. The Morgan fingerprint density at radius 3 is 3.07 bits per heavy atom. The maximum atomic E-state index is 4.90. The fourth-order valence-corrected chi connectivity index (χ4v) is 2.34. The van der Waals surface area contributed by atoms with Crippen LogP contribution in [0.25, 0.3) is 10.1 Å². The van der Waals surface area contributed by atoms with Crippen LogP contribution in [0.3, 0.4) is 0 Å². The van der Waals surface area contributed by atoms with Gasteiger partial charge < -0.3 is 4.74 Å². The fourth-order valence-electron chi connectivity index (χ4n) is 1.56. The summed E-state index contributed by atoms with van der Waals surface area (Å²) >= 11 is 1.78. The van der Waals surface area contributed by atoms with Crippen molar-refractivity contribution < 1.29 is 4.74 Å². The van der Waals surface area contributed by atoms with Crippen LogP contribution in [0.2, 0.25) is 0 Å². The Labute approximate surface area is 88.3 Å². The SMILES string of the molecule is [CH2]OCC(C)c1ccc2sccc2c1. The summed E-state index contributed by atoms with van der Waals surface area (Å²) in [5, 5.41) is 3.44. The molecule has 73 valence electrons. The van der Waals surface area contributed by atoms with E-state index < -0.39 is 0 Å². The van der Waals surface area contributed by atoms with E-state index in [9.17, 15) is 0 Å². The van der Waals surface area contributed by atoms with E-state index in [1.165, 1.54) is 15.6 Å². The van der Waals surface area contributed by atoms with Gasteiger partial charge in [0.2, 0.25) is 0 Å². The van der Waals surface area contributed by atoms with Crippen LogP contribution in [-0.4, -0.2) is 6.61 Å². The minimum Gasteiger partial charge on any atom is -0.378 e. The summed E-state index contributed by atoms with van der Waals surface area (Å²) in [7, 11) is 3.41. The van der Waals surface area contributed by atoms with Gasteiger partial charge in [-0.15, -0.1) is 11.3 Å². The van der Waals surface area contributed by atoms with E-state index in [0.29, 0.717) is 12.5 Å². The Balaban J connectivity index is 2.33. The molecule has 14 heavy (non-hydrogen) atoms. The first kappa shape index (κ1) is 9.69. The lowest BCUT2D eigenvalue weighted by atomic mass is 10.0. The first-order chi connectivity index (χ1) is 6.81. The summed E-state index contributed by atoms with van der Waals surface area (Å²) < 4.78 is 6.25. The van der Waals surface area contributed by atoms with E-state index in [2.05, 4.69) is 43.7 Å². The van der Waals surface area contributed by atoms with Crippen molar-refractivity contribution in [3.05, 3.63) is 42.3 Å². The molecule has 1 unspecified atom stereocenters. The highest BCUT2D eigenvalue weighted by atomic mass is 32.1. The smallest absolute Gasteiger partial charge is 0.0700 e. The average Bonchev–Trinajstić information content (AvgIpc) is 2.64. The molecular formula is C12H13OS. The minimum absolute atomic E-state index is 0.414. The molecule has 0 saturated carbocycles. The molecule has 2 heteroatoms. The second-order valence-electron chi connectivity index (χ2n) is 3.49. The Bertz CT molecular complexity index is 419. The molecule has 1 heterocycles. The highest BCUT2D eigenvalue weighted by Gasteiger charge is 2.05. The number of thiophene rings is 1. The van der Waals surface area contributed by atoms with E-state index in [-0.39, 0.29) is 0 Å². The lowest BCUT2D eigenvalue weighted by Gasteiger charge is -2.10. The predicted octanol–water partition coefficient (Wildman–Crippen LogP) is 3.81. The minimum atomic E-state index is 0.414. The number of rotatable bonds is 3. The van der Waals surface area contributed by atoms with Gasteiger partial charge in [-0.3, -0.25) is 0 Å². The molecule has 2 aromatic rings. The van der Waals surface area contributed by atoms with Crippen LogP contribution in [0.15, 0.2) is 29.6 Å². The number of fused-ring (bicyclic) bond motifs is 1. The molecule has 0 bridgehead atoms. The second-order valence-corrected chi connectivity index (χ2v) is 4.44. The van der Waals surface area contributed by atoms with Crippen LogP contribution in [0.5, 0.6) is 0 Å². The molecule has 0 amide bonds. The van der Waals surface area contributed by atoms with Gasteiger partial charge in [-0.05, 0) is 34.5 Å². The number of benzene rings is 1. The maximum Gasteiger partial charge on any atom is 0.0700 e. The van der Waals surface area contributed by atoms with E-state index >= 15 is 0 Å². The van der Waals surface area contributed by atoms with Crippen molar-refractivity contribution in [1.29, 1.82) is 0 Å². The molecule has 0 aliphatic carbocycles. The summed E-state index contributed by atoms with van der Waals surface area (Å²) in [6, 6.07) is 8.73. The third-order valence-corrected chi connectivity index (χ3v) is 3.31. The summed E-state index contributed by atoms with van der Waals surface area (Å²) in [6.45, 7) is 2.83. The molecule has 1 radical (unpaired) electrons. The predicted molar refractivity (Wildman–Crippen MR) is 61.5 cm³/mol. The van der Waals surface area contributed by atoms with Crippen LogP contribution in [0, 0.1) is 7.11 Å². The van der Waals surface area contributed by atoms with Gasteiger partial charge in [0.05, 0.1) is 13.7 Å². The van der Waals surface area contributed by atoms with Crippen molar-refractivity contribution in [1.82, 2.24) is 0 Å². The number of ether oxygens (including phenoxy) is 1. The molecule has 1 aromatic heterocycles. The fraction of sp³-hybridized carbons (Fsp3) is 0.250. The topological polar surface area (TPSA) is 9.23 Å². The van der Waals surface area contributed by atoms with Crippen LogP contribution < -0.4 is 0 Å². The van der Waals surface area contributed by atoms with Crippen molar-refractivity contribution in [2.24, 2.45) is 0 Å². The first-order valence-corrected chi connectivity index (χ1v) is 5.53. The first-order valence-electron chi connectivity index (χ1n) is 4.65. The van der Waals surface area contributed by atoms with Gasteiger partial charge in [-0.1, -0.05) is 13.0 Å². The zero-order valence-corrected chi connectivity index (χ0v) is 9.01. The Hall–Kier alpha value is -0.860. The van der Waals surface area contributed by atoms with E-state index in [1.807, 2.05) is 0 Å². The number of hydrogen-bond donors (Lipinski definition) is 0. The summed E-state index contributed by atoms with van der Waals surface area (Å²) in [5.74, 6) is 0.414. The summed E-state index contributed by atoms with van der Waals surface area (Å²) in [4.78, 5) is 0. The van der Waals surface area contributed by atoms with Gasteiger partial charge in [0.15, 0.2) is 0 Å². The van der Waals surface area contributed by atoms with E-state index in [0.717, 1.165) is 0 Å². The largest absolute Gasteiger partial charge is 0.378 e. The van der Waals surface area contributed by atoms with E-state index in [4.69, 9.17) is 4.74 Å². The lowest BCUT2D eigenvalue weighted by Crippen LogP contribution is -2.00. The maximum absolute atomic E-state index is 4.90. The molecule has 0 aliphatic heterocycles. The molecule has 1 atom stereocenters. The van der Waals surface area contributed by atoms with Crippen LogP contribution in [0.4, 0.5) is 0 Å². The standard InChI is InChI=1S/C12H13OS/c1-9(8-13-2)10-3-4-12-11(7-10)5-6-14-12/h3-7,9H,2,8H2,1H3. The van der Waals surface area contributed by atoms with Gasteiger partial charge in [0.25, 0.3) is 0 Å². The Morgan fingerprint density at radius 1 is 1.43 bits per heavy atom. The molecule has 0 spiro atoms. The van der Waals surface area contributed by atoms with Gasteiger partial charge in [-0.2, -0.15) is 0 Å². The van der Waals surface area contributed by atoms with Crippen molar-refractivity contribution >= 4 is 21.4 Å². The quantitative estimate of drug-likeness (QED) is 0.740. The molecule has 1 aromatic carbocycles. The summed E-state index contributed by atoms with van der Waals surface area (Å²) in [5.41, 5.74) is 1.32. The molecule has 0 N–H and O–H groups in total. The van der Waals surface area contributed by atoms with Gasteiger partial charge >= 0.3 is 0 Å². The highest BCUT2D eigenvalue weighted by Crippen LogP contribution is 2.25. The van der Waals surface area contributed by atoms with Gasteiger partial charge in [0, 0.05) is 10.6 Å². The molecule has 1 nitrogen and oxygen atoms in total. The van der Waals surface area contributed by atoms with Crippen molar-refractivity contribution in [2.75, 3.05) is 6.61 Å². The normalized spacial score (nSPS) is 13.3. The highest BCUT2D eigenvalue weighted by molar-refractivity contribution is 7.17. The summed E-state index contributed by atoms with van der Waals surface area (Å²) in [6.07, 6.45) is 0. The monoisotopic (exact) mass is 205 g/mol. The molecule has 0 saturated heterocycles. The van der Waals surface area contributed by atoms with Crippen LogP contribution >= 0.6 is 11.3 Å².